The van der Waals surface area contributed by atoms with Gasteiger partial charge in [-0.2, -0.15) is 0 Å². The third-order valence-corrected chi connectivity index (χ3v) is 11.5. The molecule has 1 spiro atoms. The van der Waals surface area contributed by atoms with E-state index in [0.717, 1.165) is 17.7 Å². The van der Waals surface area contributed by atoms with Crippen LogP contribution >= 0.6 is 23.4 Å². The van der Waals surface area contributed by atoms with Gasteiger partial charge in [-0.3, -0.25) is 14.4 Å². The lowest BCUT2D eigenvalue weighted by Gasteiger charge is -2.41. The summed E-state index contributed by atoms with van der Waals surface area (Å²) in [6.45, 7) is 13.8. The summed E-state index contributed by atoms with van der Waals surface area (Å²) < 4.78 is -0.813. The summed E-state index contributed by atoms with van der Waals surface area (Å²) in [5.41, 5.74) is 2.15. The molecule has 3 amide bonds. The lowest BCUT2D eigenvalue weighted by Crippen LogP contribution is -2.58. The standard InChI is InChI=1S/C34H40ClN3O4S/c1-6-18-36(23-13-9-8-10-14-23)31(40)27-26-16-17-34(43-26)28(27)32(41)38(25(20-39)21(3)4)30(34)33(42)37(19-7-2)29-22(5)12-11-15-24(29)35/h6-15,21,25-28,30,39H,1-2,16-20H2,3-5H3/t25-,26+,27-,28-,30?,34?/m0/s1. The summed E-state index contributed by atoms with van der Waals surface area (Å²) in [5.74, 6) is -2.05. The van der Waals surface area contributed by atoms with E-state index in [1.807, 2.05) is 63.2 Å². The van der Waals surface area contributed by atoms with Crippen molar-refractivity contribution in [3.05, 3.63) is 84.4 Å². The van der Waals surface area contributed by atoms with Crippen molar-refractivity contribution < 1.29 is 19.5 Å². The molecule has 43 heavy (non-hydrogen) atoms. The van der Waals surface area contributed by atoms with Crippen LogP contribution in [0.2, 0.25) is 5.02 Å². The Bertz CT molecular complexity index is 1400. The zero-order valence-corrected chi connectivity index (χ0v) is 26.6. The molecule has 6 atom stereocenters. The van der Waals surface area contributed by atoms with Crippen LogP contribution in [0, 0.1) is 24.7 Å². The molecule has 1 N–H and O–H groups in total. The second kappa shape index (κ2) is 12.5. The molecule has 0 aromatic heterocycles. The van der Waals surface area contributed by atoms with Crippen LogP contribution in [0.5, 0.6) is 0 Å². The van der Waals surface area contributed by atoms with Gasteiger partial charge in [0, 0.05) is 24.0 Å². The number of hydrogen-bond acceptors (Lipinski definition) is 5. The molecule has 2 aromatic carbocycles. The fourth-order valence-corrected chi connectivity index (χ4v) is 9.92. The highest BCUT2D eigenvalue weighted by atomic mass is 35.5. The number of anilines is 2. The van der Waals surface area contributed by atoms with Crippen molar-refractivity contribution in [2.45, 2.75) is 55.7 Å². The van der Waals surface area contributed by atoms with E-state index in [4.69, 9.17) is 11.6 Å². The van der Waals surface area contributed by atoms with Crippen molar-refractivity contribution in [2.75, 3.05) is 29.5 Å². The Morgan fingerprint density at radius 2 is 1.77 bits per heavy atom. The van der Waals surface area contributed by atoms with Gasteiger partial charge in [0.25, 0.3) is 5.91 Å². The van der Waals surface area contributed by atoms with Crippen LogP contribution in [0.15, 0.2) is 73.8 Å². The molecule has 7 nitrogen and oxygen atoms in total. The van der Waals surface area contributed by atoms with Gasteiger partial charge in [-0.25, -0.2) is 0 Å². The quantitative estimate of drug-likeness (QED) is 0.336. The summed E-state index contributed by atoms with van der Waals surface area (Å²) >= 11 is 8.29. The molecule has 2 bridgehead atoms. The SMILES string of the molecule is C=CCN(C(=O)[C@@H]1[C@H]2C(=O)N([C@@H](CO)C(C)C)C(C(=O)N(CC=C)c3c(C)cccc3Cl)C23CC[C@H]1S3)c1ccccc1. The molecule has 2 aromatic rings. The first kappa shape index (κ1) is 31.4. The first-order valence-corrected chi connectivity index (χ1v) is 16.1. The highest BCUT2D eigenvalue weighted by Crippen LogP contribution is 2.67. The van der Waals surface area contributed by atoms with Crippen molar-refractivity contribution in [3.8, 4) is 0 Å². The van der Waals surface area contributed by atoms with Crippen molar-refractivity contribution >= 4 is 52.5 Å². The number of benzene rings is 2. The highest BCUT2D eigenvalue weighted by Gasteiger charge is 2.75. The first-order chi connectivity index (χ1) is 20.6. The number of likely N-dealkylation sites (tertiary alicyclic amines) is 1. The fraction of sp³-hybridized carbons (Fsp3) is 0.441. The molecule has 3 aliphatic rings. The van der Waals surface area contributed by atoms with E-state index >= 15 is 0 Å². The normalized spacial score (nSPS) is 26.4. The van der Waals surface area contributed by atoms with Crippen molar-refractivity contribution in [2.24, 2.45) is 17.8 Å². The van der Waals surface area contributed by atoms with Crippen LogP contribution in [0.3, 0.4) is 0 Å². The third-order valence-electron chi connectivity index (χ3n) is 9.25. The van der Waals surface area contributed by atoms with E-state index in [-0.39, 0.29) is 42.0 Å². The maximum absolute atomic E-state index is 14.9. The number of thioether (sulfide) groups is 1. The predicted molar refractivity (Wildman–Crippen MR) is 174 cm³/mol. The van der Waals surface area contributed by atoms with E-state index in [2.05, 4.69) is 13.2 Å². The number of nitrogens with zero attached hydrogens (tertiary/aromatic N) is 3. The summed E-state index contributed by atoms with van der Waals surface area (Å²) in [5, 5.41) is 10.9. The number of aliphatic hydroxyl groups is 1. The molecule has 9 heteroatoms. The number of carbonyl (C=O) groups excluding carboxylic acids is 3. The Kier molecular flexibility index (Phi) is 9.12. The average Bonchev–Trinajstić information content (AvgIpc) is 3.63. The van der Waals surface area contributed by atoms with Crippen LogP contribution in [0.4, 0.5) is 11.4 Å². The molecule has 0 saturated carbocycles. The van der Waals surface area contributed by atoms with E-state index < -0.39 is 28.7 Å². The summed E-state index contributed by atoms with van der Waals surface area (Å²) in [6, 6.07) is 13.4. The number of aliphatic hydroxyl groups excluding tert-OH is 1. The minimum absolute atomic E-state index is 0.101. The van der Waals surface area contributed by atoms with Crippen molar-refractivity contribution in [3.63, 3.8) is 0 Å². The highest BCUT2D eigenvalue weighted by molar-refractivity contribution is 8.02. The van der Waals surface area contributed by atoms with Gasteiger partial charge < -0.3 is 19.8 Å². The number of rotatable bonds is 11. The Morgan fingerprint density at radius 1 is 1.09 bits per heavy atom. The summed E-state index contributed by atoms with van der Waals surface area (Å²) in [6.07, 6.45) is 4.69. The molecule has 3 aliphatic heterocycles. The molecule has 3 fully saturated rings. The Morgan fingerprint density at radius 3 is 2.37 bits per heavy atom. The van der Waals surface area contributed by atoms with Gasteiger partial charge in [0.2, 0.25) is 11.8 Å². The maximum atomic E-state index is 14.9. The van der Waals surface area contributed by atoms with Gasteiger partial charge >= 0.3 is 0 Å². The maximum Gasteiger partial charge on any atom is 0.251 e. The van der Waals surface area contributed by atoms with E-state index in [1.54, 1.807) is 44.7 Å². The molecular weight excluding hydrogens is 582 g/mol. The number of halogens is 1. The molecule has 228 valence electrons. The van der Waals surface area contributed by atoms with Crippen LogP contribution in [0.1, 0.15) is 32.3 Å². The number of carbonyl (C=O) groups is 3. The monoisotopic (exact) mass is 621 g/mol. The van der Waals surface area contributed by atoms with Crippen LogP contribution < -0.4 is 9.80 Å². The third kappa shape index (κ3) is 5.11. The second-order valence-electron chi connectivity index (χ2n) is 12.0. The zero-order chi connectivity index (χ0) is 31.1. The lowest BCUT2D eigenvalue weighted by atomic mass is 9.70. The molecule has 3 heterocycles. The molecule has 2 unspecified atom stereocenters. The van der Waals surface area contributed by atoms with Gasteiger partial charge in [-0.15, -0.1) is 24.9 Å². The average molecular weight is 622 g/mol. The Balaban J connectivity index is 1.63. The summed E-state index contributed by atoms with van der Waals surface area (Å²) in [7, 11) is 0. The predicted octanol–water partition coefficient (Wildman–Crippen LogP) is 5.49. The summed E-state index contributed by atoms with van der Waals surface area (Å²) in [4.78, 5) is 49.0. The van der Waals surface area contributed by atoms with Crippen molar-refractivity contribution in [1.29, 1.82) is 0 Å². The molecule has 0 radical (unpaired) electrons. The number of fused-ring (bicyclic) bond motifs is 1. The topological polar surface area (TPSA) is 81.2 Å². The Hall–Kier alpha value is -3.07. The van der Waals surface area contributed by atoms with Gasteiger partial charge in [-0.1, -0.05) is 67.9 Å². The van der Waals surface area contributed by atoms with Crippen molar-refractivity contribution in [1.82, 2.24) is 4.90 Å². The Labute approximate surface area is 263 Å². The van der Waals surface area contributed by atoms with Gasteiger partial charge in [0.05, 0.1) is 39.9 Å². The van der Waals surface area contributed by atoms with E-state index in [9.17, 15) is 19.5 Å². The number of hydrogen-bond donors (Lipinski definition) is 1. The smallest absolute Gasteiger partial charge is 0.251 e. The van der Waals surface area contributed by atoms with Crippen LogP contribution in [-0.2, 0) is 14.4 Å². The van der Waals surface area contributed by atoms with E-state index in [1.165, 1.54) is 0 Å². The fourth-order valence-electron chi connectivity index (χ4n) is 7.40. The largest absolute Gasteiger partial charge is 0.394 e. The van der Waals surface area contributed by atoms with Gasteiger partial charge in [-0.05, 0) is 49.4 Å². The first-order valence-electron chi connectivity index (χ1n) is 14.9. The molecule has 5 rings (SSSR count). The number of para-hydroxylation sites is 2. The van der Waals surface area contributed by atoms with E-state index in [0.29, 0.717) is 23.7 Å². The minimum Gasteiger partial charge on any atom is -0.394 e. The lowest BCUT2D eigenvalue weighted by molar-refractivity contribution is -0.142. The second-order valence-corrected chi connectivity index (χ2v) is 14.0. The minimum atomic E-state index is -0.877. The number of amides is 3. The molecular formula is C34H40ClN3O4S. The van der Waals surface area contributed by atoms with Crippen LogP contribution in [0.25, 0.3) is 0 Å². The number of aryl methyl sites for hydroxylation is 1. The molecule has 3 saturated heterocycles. The molecule has 0 aliphatic carbocycles. The van der Waals surface area contributed by atoms with Crippen LogP contribution in [-0.4, -0.2) is 69.5 Å². The van der Waals surface area contributed by atoms with Gasteiger partial charge in [0.1, 0.15) is 6.04 Å². The zero-order valence-electron chi connectivity index (χ0n) is 25.0. The van der Waals surface area contributed by atoms with Gasteiger partial charge in [0.15, 0.2) is 0 Å².